The van der Waals surface area contributed by atoms with Gasteiger partial charge in [0.1, 0.15) is 18.1 Å². The molecule has 104 valence electrons. The molecule has 2 aromatic rings. The first-order valence-electron chi connectivity index (χ1n) is 6.09. The normalized spacial score (nSPS) is 10.1. The summed E-state index contributed by atoms with van der Waals surface area (Å²) in [5.74, 6) is 0.422. The van der Waals surface area contributed by atoms with E-state index in [9.17, 15) is 4.79 Å². The van der Waals surface area contributed by atoms with Gasteiger partial charge in [0.25, 0.3) is 5.91 Å². The molecule has 0 aliphatic heterocycles. The number of carbonyl (C=O) groups excluding carboxylic acids is 1. The minimum absolute atomic E-state index is 0.271. The third-order valence-corrected chi connectivity index (χ3v) is 2.46. The van der Waals surface area contributed by atoms with E-state index in [1.807, 2.05) is 0 Å². The molecule has 0 unspecified atom stereocenters. The molecule has 0 bridgehead atoms. The smallest absolute Gasteiger partial charge is 0.275 e. The number of aromatic nitrogens is 2. The number of nitrogens with one attached hydrogen (secondary N) is 1. The molecule has 6 nitrogen and oxygen atoms in total. The van der Waals surface area contributed by atoms with Gasteiger partial charge in [-0.15, -0.1) is 0 Å². The van der Waals surface area contributed by atoms with Crippen molar-refractivity contribution in [2.45, 2.75) is 0 Å². The number of anilines is 1. The number of benzene rings is 1. The van der Waals surface area contributed by atoms with Crippen LogP contribution in [0.4, 0.5) is 5.69 Å². The Morgan fingerprint density at radius 2 is 2.00 bits per heavy atom. The van der Waals surface area contributed by atoms with Crippen molar-refractivity contribution in [3.8, 4) is 5.75 Å². The molecule has 2 rings (SSSR count). The van der Waals surface area contributed by atoms with E-state index in [1.165, 1.54) is 18.6 Å². The van der Waals surface area contributed by atoms with Gasteiger partial charge in [-0.25, -0.2) is 4.98 Å². The van der Waals surface area contributed by atoms with Crippen LogP contribution in [0.3, 0.4) is 0 Å². The van der Waals surface area contributed by atoms with Gasteiger partial charge in [-0.05, 0) is 24.3 Å². The maximum absolute atomic E-state index is 11.8. The number of ether oxygens (including phenoxy) is 2. The van der Waals surface area contributed by atoms with E-state index in [2.05, 4.69) is 15.3 Å². The fourth-order valence-electron chi connectivity index (χ4n) is 1.49. The predicted molar refractivity (Wildman–Crippen MR) is 73.8 cm³/mol. The van der Waals surface area contributed by atoms with Crippen molar-refractivity contribution in [1.29, 1.82) is 0 Å². The Labute approximate surface area is 116 Å². The van der Waals surface area contributed by atoms with Crippen LogP contribution in [0.5, 0.6) is 5.75 Å². The second-order valence-electron chi connectivity index (χ2n) is 3.91. The highest BCUT2D eigenvalue weighted by molar-refractivity contribution is 6.02. The molecule has 0 spiro atoms. The molecule has 1 amide bonds. The molecule has 0 radical (unpaired) electrons. The van der Waals surface area contributed by atoms with Crippen LogP contribution in [0.1, 0.15) is 10.5 Å². The van der Waals surface area contributed by atoms with E-state index in [4.69, 9.17) is 9.47 Å². The second-order valence-corrected chi connectivity index (χ2v) is 3.91. The lowest BCUT2D eigenvalue weighted by atomic mass is 10.3. The Hall–Kier alpha value is -2.47. The molecule has 1 N–H and O–H groups in total. The zero-order valence-electron chi connectivity index (χ0n) is 11.1. The first kappa shape index (κ1) is 14.0. The van der Waals surface area contributed by atoms with Crippen molar-refractivity contribution >= 4 is 11.6 Å². The highest BCUT2D eigenvalue weighted by Crippen LogP contribution is 2.16. The van der Waals surface area contributed by atoms with Crippen LogP contribution >= 0.6 is 0 Å². The highest BCUT2D eigenvalue weighted by atomic mass is 16.5. The zero-order chi connectivity index (χ0) is 14.2. The molecule has 0 saturated carbocycles. The number of carbonyl (C=O) groups is 1. The maximum Gasteiger partial charge on any atom is 0.275 e. The number of rotatable bonds is 6. The summed E-state index contributed by atoms with van der Waals surface area (Å²) >= 11 is 0. The van der Waals surface area contributed by atoms with Crippen LogP contribution in [0.25, 0.3) is 0 Å². The van der Waals surface area contributed by atoms with Gasteiger partial charge in [0.2, 0.25) is 0 Å². The molecule has 0 fully saturated rings. The molecule has 6 heteroatoms. The Bertz CT molecular complexity index is 543. The molecule has 0 atom stereocenters. The zero-order valence-corrected chi connectivity index (χ0v) is 11.1. The lowest BCUT2D eigenvalue weighted by Crippen LogP contribution is -2.13. The van der Waals surface area contributed by atoms with E-state index >= 15 is 0 Å². The van der Waals surface area contributed by atoms with Gasteiger partial charge in [0.05, 0.1) is 12.8 Å². The minimum atomic E-state index is -0.300. The lowest BCUT2D eigenvalue weighted by Gasteiger charge is -2.07. The summed E-state index contributed by atoms with van der Waals surface area (Å²) in [5, 5.41) is 2.73. The SMILES string of the molecule is COCCOc1ccc(NC(=O)c2cnccn2)cc1. The first-order chi connectivity index (χ1) is 9.79. The molecule has 0 aliphatic carbocycles. The van der Waals surface area contributed by atoms with Crippen LogP contribution in [0.2, 0.25) is 0 Å². The largest absolute Gasteiger partial charge is 0.491 e. The average molecular weight is 273 g/mol. The summed E-state index contributed by atoms with van der Waals surface area (Å²) in [7, 11) is 1.62. The molecule has 0 saturated heterocycles. The summed E-state index contributed by atoms with van der Waals surface area (Å²) in [6.45, 7) is 1.02. The number of hydrogen-bond acceptors (Lipinski definition) is 5. The molecule has 1 aromatic carbocycles. The Balaban J connectivity index is 1.92. The van der Waals surface area contributed by atoms with E-state index in [0.29, 0.717) is 18.9 Å². The van der Waals surface area contributed by atoms with E-state index < -0.39 is 0 Å². The van der Waals surface area contributed by atoms with Crippen LogP contribution in [0, 0.1) is 0 Å². The molecular weight excluding hydrogens is 258 g/mol. The number of methoxy groups -OCH3 is 1. The van der Waals surface area contributed by atoms with Gasteiger partial charge in [0, 0.05) is 25.2 Å². The van der Waals surface area contributed by atoms with E-state index in [1.54, 1.807) is 31.4 Å². The number of amides is 1. The van der Waals surface area contributed by atoms with Crippen LogP contribution in [0.15, 0.2) is 42.9 Å². The molecule has 20 heavy (non-hydrogen) atoms. The van der Waals surface area contributed by atoms with Crippen molar-refractivity contribution in [3.05, 3.63) is 48.5 Å². The van der Waals surface area contributed by atoms with Crippen molar-refractivity contribution in [3.63, 3.8) is 0 Å². The fraction of sp³-hybridized carbons (Fsp3) is 0.214. The average Bonchev–Trinajstić information content (AvgIpc) is 2.50. The number of nitrogens with zero attached hydrogens (tertiary/aromatic N) is 2. The third kappa shape index (κ3) is 4.03. The van der Waals surface area contributed by atoms with E-state index in [0.717, 1.165) is 5.75 Å². The topological polar surface area (TPSA) is 73.3 Å². The standard InChI is InChI=1S/C14H15N3O3/c1-19-8-9-20-12-4-2-11(3-5-12)17-14(18)13-10-15-6-7-16-13/h2-7,10H,8-9H2,1H3,(H,17,18). The van der Waals surface area contributed by atoms with Crippen molar-refractivity contribution in [1.82, 2.24) is 9.97 Å². The van der Waals surface area contributed by atoms with Gasteiger partial charge >= 0.3 is 0 Å². The summed E-state index contributed by atoms with van der Waals surface area (Å²) < 4.78 is 10.3. The van der Waals surface area contributed by atoms with Gasteiger partial charge < -0.3 is 14.8 Å². The monoisotopic (exact) mass is 273 g/mol. The fourth-order valence-corrected chi connectivity index (χ4v) is 1.49. The van der Waals surface area contributed by atoms with Crippen molar-refractivity contribution < 1.29 is 14.3 Å². The minimum Gasteiger partial charge on any atom is -0.491 e. The van der Waals surface area contributed by atoms with Crippen LogP contribution < -0.4 is 10.1 Å². The summed E-state index contributed by atoms with van der Waals surface area (Å²) in [6.07, 6.45) is 4.40. The third-order valence-electron chi connectivity index (χ3n) is 2.46. The summed E-state index contributed by atoms with van der Waals surface area (Å²) in [5.41, 5.74) is 0.938. The van der Waals surface area contributed by atoms with Crippen LogP contribution in [-0.4, -0.2) is 36.2 Å². The van der Waals surface area contributed by atoms with Gasteiger partial charge in [0.15, 0.2) is 0 Å². The Morgan fingerprint density at radius 1 is 1.20 bits per heavy atom. The van der Waals surface area contributed by atoms with Gasteiger partial charge in [-0.2, -0.15) is 0 Å². The Morgan fingerprint density at radius 3 is 2.65 bits per heavy atom. The predicted octanol–water partition coefficient (Wildman–Crippen LogP) is 1.75. The second kappa shape index (κ2) is 7.20. The van der Waals surface area contributed by atoms with Crippen molar-refractivity contribution in [2.24, 2.45) is 0 Å². The Kier molecular flexibility index (Phi) is 5.02. The van der Waals surface area contributed by atoms with Gasteiger partial charge in [-0.1, -0.05) is 0 Å². The molecule has 1 aromatic heterocycles. The summed E-state index contributed by atoms with van der Waals surface area (Å²) in [6, 6.07) is 7.08. The molecular formula is C14H15N3O3. The molecule has 1 heterocycles. The number of hydrogen-bond donors (Lipinski definition) is 1. The summed E-state index contributed by atoms with van der Waals surface area (Å²) in [4.78, 5) is 19.6. The van der Waals surface area contributed by atoms with Crippen molar-refractivity contribution in [2.75, 3.05) is 25.6 Å². The molecule has 0 aliphatic rings. The lowest BCUT2D eigenvalue weighted by molar-refractivity contribution is 0.102. The first-order valence-corrected chi connectivity index (χ1v) is 6.09. The maximum atomic E-state index is 11.8. The van der Waals surface area contributed by atoms with Gasteiger partial charge in [-0.3, -0.25) is 9.78 Å². The highest BCUT2D eigenvalue weighted by Gasteiger charge is 2.07. The van der Waals surface area contributed by atoms with Crippen LogP contribution in [-0.2, 0) is 4.74 Å². The van der Waals surface area contributed by atoms with E-state index in [-0.39, 0.29) is 11.6 Å². The quantitative estimate of drug-likeness (QED) is 0.812.